The smallest absolute Gasteiger partial charge is 0.287 e. The van der Waals surface area contributed by atoms with E-state index in [1.165, 1.54) is 12.3 Å². The van der Waals surface area contributed by atoms with Gasteiger partial charge in [0, 0.05) is 12.1 Å². The van der Waals surface area contributed by atoms with Crippen molar-refractivity contribution in [3.05, 3.63) is 28.4 Å². The second-order valence-electron chi connectivity index (χ2n) is 4.55. The molecule has 1 saturated carbocycles. The Morgan fingerprint density at radius 3 is 2.67 bits per heavy atom. The highest BCUT2D eigenvalue weighted by Crippen LogP contribution is 2.46. The van der Waals surface area contributed by atoms with Crippen LogP contribution in [0.3, 0.4) is 0 Å². The Kier molecular flexibility index (Phi) is 2.10. The molecule has 0 aromatic carbocycles. The SMILES string of the molecule is CC1(C)CC1Nc1ccc([N+](=O)[O-])cn1. The van der Waals surface area contributed by atoms with Gasteiger partial charge in [0.2, 0.25) is 0 Å². The fourth-order valence-corrected chi connectivity index (χ4v) is 1.47. The summed E-state index contributed by atoms with van der Waals surface area (Å²) in [5.41, 5.74) is 0.347. The fourth-order valence-electron chi connectivity index (χ4n) is 1.47. The first kappa shape index (κ1) is 9.89. The van der Waals surface area contributed by atoms with Crippen molar-refractivity contribution in [1.82, 2.24) is 4.98 Å². The predicted octanol–water partition coefficient (Wildman–Crippen LogP) is 2.20. The summed E-state index contributed by atoms with van der Waals surface area (Å²) in [6.07, 6.45) is 2.39. The van der Waals surface area contributed by atoms with Gasteiger partial charge in [0.15, 0.2) is 0 Å². The van der Waals surface area contributed by atoms with Crippen LogP contribution in [0.1, 0.15) is 20.3 Å². The first-order chi connectivity index (χ1) is 6.99. The predicted molar refractivity (Wildman–Crippen MR) is 56.7 cm³/mol. The highest BCUT2D eigenvalue weighted by atomic mass is 16.6. The lowest BCUT2D eigenvalue weighted by Gasteiger charge is -2.06. The Balaban J connectivity index is 2.02. The number of nitrogens with one attached hydrogen (secondary N) is 1. The number of anilines is 1. The zero-order valence-electron chi connectivity index (χ0n) is 8.73. The van der Waals surface area contributed by atoms with Crippen molar-refractivity contribution >= 4 is 11.5 Å². The van der Waals surface area contributed by atoms with Gasteiger partial charge in [-0.25, -0.2) is 4.98 Å². The third-order valence-electron chi connectivity index (χ3n) is 2.79. The van der Waals surface area contributed by atoms with Gasteiger partial charge < -0.3 is 5.32 Å². The fraction of sp³-hybridized carbons (Fsp3) is 0.500. The molecule has 2 rings (SSSR count). The van der Waals surface area contributed by atoms with Crippen LogP contribution < -0.4 is 5.32 Å². The maximum Gasteiger partial charge on any atom is 0.287 e. The molecule has 1 aromatic rings. The van der Waals surface area contributed by atoms with Crippen LogP contribution in [-0.4, -0.2) is 15.9 Å². The first-order valence-electron chi connectivity index (χ1n) is 4.86. The molecule has 0 spiro atoms. The van der Waals surface area contributed by atoms with E-state index in [0.29, 0.717) is 17.3 Å². The second-order valence-corrected chi connectivity index (χ2v) is 4.55. The molecular formula is C10H13N3O2. The topological polar surface area (TPSA) is 68.1 Å². The van der Waals surface area contributed by atoms with Crippen LogP contribution in [0.15, 0.2) is 18.3 Å². The van der Waals surface area contributed by atoms with Gasteiger partial charge in [0.25, 0.3) is 5.69 Å². The molecule has 0 aliphatic heterocycles. The molecule has 0 amide bonds. The summed E-state index contributed by atoms with van der Waals surface area (Å²) in [5.74, 6) is 0.705. The average molecular weight is 207 g/mol. The van der Waals surface area contributed by atoms with Crippen LogP contribution in [0.5, 0.6) is 0 Å². The van der Waals surface area contributed by atoms with Crippen LogP contribution in [0.4, 0.5) is 11.5 Å². The van der Waals surface area contributed by atoms with Crippen LogP contribution in [0.25, 0.3) is 0 Å². The van der Waals surface area contributed by atoms with Crippen molar-refractivity contribution in [3.8, 4) is 0 Å². The quantitative estimate of drug-likeness (QED) is 0.609. The van der Waals surface area contributed by atoms with E-state index in [2.05, 4.69) is 24.1 Å². The normalized spacial score (nSPS) is 22.1. The first-order valence-corrected chi connectivity index (χ1v) is 4.86. The lowest BCUT2D eigenvalue weighted by atomic mass is 10.2. The van der Waals surface area contributed by atoms with Gasteiger partial charge in [0.1, 0.15) is 12.0 Å². The number of pyridine rings is 1. The summed E-state index contributed by atoms with van der Waals surface area (Å²) in [6, 6.07) is 3.54. The number of hydrogen-bond donors (Lipinski definition) is 1. The van der Waals surface area contributed by atoms with E-state index in [9.17, 15) is 10.1 Å². The van der Waals surface area contributed by atoms with Gasteiger partial charge in [-0.15, -0.1) is 0 Å². The highest BCUT2D eigenvalue weighted by Gasteiger charge is 2.45. The molecule has 80 valence electrons. The number of hydrogen-bond acceptors (Lipinski definition) is 4. The minimum Gasteiger partial charge on any atom is -0.367 e. The Morgan fingerprint density at radius 1 is 1.60 bits per heavy atom. The van der Waals surface area contributed by atoms with Crippen molar-refractivity contribution in [2.24, 2.45) is 5.41 Å². The summed E-state index contributed by atoms with van der Waals surface area (Å²) < 4.78 is 0. The molecule has 1 aliphatic rings. The van der Waals surface area contributed by atoms with E-state index in [1.54, 1.807) is 6.07 Å². The van der Waals surface area contributed by atoms with Crippen molar-refractivity contribution < 1.29 is 4.92 Å². The molecule has 0 radical (unpaired) electrons. The molecule has 5 nitrogen and oxygen atoms in total. The van der Waals surface area contributed by atoms with Gasteiger partial charge in [-0.3, -0.25) is 10.1 Å². The van der Waals surface area contributed by atoms with Crippen LogP contribution in [0.2, 0.25) is 0 Å². The van der Waals surface area contributed by atoms with E-state index in [4.69, 9.17) is 0 Å². The zero-order chi connectivity index (χ0) is 11.1. The molecule has 1 fully saturated rings. The monoisotopic (exact) mass is 207 g/mol. The molecular weight excluding hydrogens is 194 g/mol. The average Bonchev–Trinajstić information content (AvgIpc) is 2.74. The minimum absolute atomic E-state index is 0.0237. The molecule has 0 bridgehead atoms. The third-order valence-corrected chi connectivity index (χ3v) is 2.79. The summed E-state index contributed by atoms with van der Waals surface area (Å²) in [5, 5.41) is 13.6. The minimum atomic E-state index is -0.447. The molecule has 5 heteroatoms. The third kappa shape index (κ3) is 2.06. The van der Waals surface area contributed by atoms with Gasteiger partial charge in [0.05, 0.1) is 4.92 Å². The summed E-state index contributed by atoms with van der Waals surface area (Å²) in [6.45, 7) is 4.35. The van der Waals surface area contributed by atoms with Crippen LogP contribution >= 0.6 is 0 Å². The van der Waals surface area contributed by atoms with Gasteiger partial charge in [-0.1, -0.05) is 13.8 Å². The standard InChI is InChI=1S/C10H13N3O2/c1-10(2)5-8(10)12-9-4-3-7(6-11-9)13(14)15/h3-4,6,8H,5H2,1-2H3,(H,11,12). The largest absolute Gasteiger partial charge is 0.367 e. The zero-order valence-corrected chi connectivity index (χ0v) is 8.73. The van der Waals surface area contributed by atoms with Crippen molar-refractivity contribution in [2.75, 3.05) is 5.32 Å². The molecule has 1 N–H and O–H groups in total. The Hall–Kier alpha value is -1.65. The maximum absolute atomic E-state index is 10.4. The van der Waals surface area contributed by atoms with Gasteiger partial charge >= 0.3 is 0 Å². The number of nitro groups is 1. The van der Waals surface area contributed by atoms with E-state index in [1.807, 2.05) is 0 Å². The van der Waals surface area contributed by atoms with Gasteiger partial charge in [-0.05, 0) is 17.9 Å². The molecule has 1 aromatic heterocycles. The molecule has 1 aliphatic carbocycles. The van der Waals surface area contributed by atoms with E-state index in [-0.39, 0.29) is 5.69 Å². The molecule has 1 atom stereocenters. The molecule has 1 heterocycles. The lowest BCUT2D eigenvalue weighted by Crippen LogP contribution is -2.09. The number of rotatable bonds is 3. The summed E-state index contributed by atoms with van der Waals surface area (Å²) >= 11 is 0. The summed E-state index contributed by atoms with van der Waals surface area (Å²) in [4.78, 5) is 13.9. The highest BCUT2D eigenvalue weighted by molar-refractivity contribution is 5.42. The van der Waals surface area contributed by atoms with Crippen LogP contribution in [-0.2, 0) is 0 Å². The number of aromatic nitrogens is 1. The summed E-state index contributed by atoms with van der Waals surface area (Å²) in [7, 11) is 0. The van der Waals surface area contributed by atoms with Crippen LogP contribution in [0, 0.1) is 15.5 Å². The van der Waals surface area contributed by atoms with E-state index < -0.39 is 4.92 Å². The molecule has 15 heavy (non-hydrogen) atoms. The van der Waals surface area contributed by atoms with Gasteiger partial charge in [-0.2, -0.15) is 0 Å². The second kappa shape index (κ2) is 3.18. The molecule has 1 unspecified atom stereocenters. The van der Waals surface area contributed by atoms with Crippen molar-refractivity contribution in [3.63, 3.8) is 0 Å². The Morgan fingerprint density at radius 2 is 2.27 bits per heavy atom. The lowest BCUT2D eigenvalue weighted by molar-refractivity contribution is -0.385. The maximum atomic E-state index is 10.4. The number of nitrogens with zero attached hydrogens (tertiary/aromatic N) is 2. The van der Waals surface area contributed by atoms with E-state index >= 15 is 0 Å². The Labute approximate surface area is 87.7 Å². The molecule has 0 saturated heterocycles. The van der Waals surface area contributed by atoms with E-state index in [0.717, 1.165) is 6.42 Å². The Bertz CT molecular complexity index is 386. The van der Waals surface area contributed by atoms with Crippen molar-refractivity contribution in [1.29, 1.82) is 0 Å². The van der Waals surface area contributed by atoms with Crippen molar-refractivity contribution in [2.45, 2.75) is 26.3 Å².